The third kappa shape index (κ3) is 5.55. The van der Waals surface area contributed by atoms with Crippen LogP contribution in [-0.2, 0) is 4.74 Å². The maximum absolute atomic E-state index is 12.7. The van der Waals surface area contributed by atoms with Crippen molar-refractivity contribution in [2.24, 2.45) is 5.92 Å². The summed E-state index contributed by atoms with van der Waals surface area (Å²) in [4.78, 5) is 12.7. The van der Waals surface area contributed by atoms with Crippen molar-refractivity contribution in [2.75, 3.05) is 13.7 Å². The number of hydrogen-bond acceptors (Lipinski definition) is 7. The largest absolute Gasteiger partial charge is 0.493 e. The molecular formula is C23H25ClN2O5. The van der Waals surface area contributed by atoms with Gasteiger partial charge in [0.15, 0.2) is 17.6 Å². The fourth-order valence-corrected chi connectivity index (χ4v) is 2.98. The first-order chi connectivity index (χ1) is 14.8. The van der Waals surface area contributed by atoms with Gasteiger partial charge in [-0.05, 0) is 44.0 Å². The average Bonchev–Trinajstić information content (AvgIpc) is 3.23. The fourth-order valence-electron chi connectivity index (χ4n) is 2.72. The number of aryl methyl sites for hydroxylation is 1. The van der Waals surface area contributed by atoms with Crippen LogP contribution in [0.3, 0.4) is 0 Å². The van der Waals surface area contributed by atoms with Crippen molar-refractivity contribution in [3.05, 3.63) is 58.4 Å². The van der Waals surface area contributed by atoms with Gasteiger partial charge in [0.1, 0.15) is 0 Å². The van der Waals surface area contributed by atoms with Gasteiger partial charge in [0, 0.05) is 5.56 Å². The quantitative estimate of drug-likeness (QED) is 0.414. The Bertz CT molecular complexity index is 1050. The first kappa shape index (κ1) is 22.6. The number of methoxy groups -OCH3 is 1. The number of rotatable bonds is 8. The van der Waals surface area contributed by atoms with Crippen molar-refractivity contribution in [1.82, 2.24) is 10.2 Å². The second kappa shape index (κ2) is 9.83. The van der Waals surface area contributed by atoms with Crippen LogP contribution < -0.4 is 9.47 Å². The first-order valence-electron chi connectivity index (χ1n) is 9.90. The number of aromatic nitrogens is 2. The molecule has 0 saturated heterocycles. The molecule has 0 radical (unpaired) electrons. The molecule has 0 N–H and O–H groups in total. The molecule has 0 saturated carbocycles. The lowest BCUT2D eigenvalue weighted by molar-refractivity contribution is 0.0279. The molecule has 1 unspecified atom stereocenters. The van der Waals surface area contributed by atoms with Crippen LogP contribution in [0.4, 0.5) is 0 Å². The standard InChI is InChI=1S/C23H25ClN2O5/c1-13(2)12-29-20-18(24)10-17(11-19(20)28-5)23(27)30-15(4)21-25-26-22(31-21)16-8-6-14(3)7-9-16/h6-11,13,15H,12H2,1-5H3. The van der Waals surface area contributed by atoms with E-state index in [1.54, 1.807) is 6.92 Å². The number of carbonyl (C=O) groups excluding carboxylic acids is 1. The van der Waals surface area contributed by atoms with Gasteiger partial charge in [0.05, 0.1) is 24.3 Å². The van der Waals surface area contributed by atoms with Gasteiger partial charge in [-0.1, -0.05) is 43.1 Å². The van der Waals surface area contributed by atoms with E-state index in [-0.39, 0.29) is 16.5 Å². The highest BCUT2D eigenvalue weighted by Crippen LogP contribution is 2.37. The van der Waals surface area contributed by atoms with Crippen molar-refractivity contribution >= 4 is 17.6 Å². The van der Waals surface area contributed by atoms with Gasteiger partial charge in [-0.3, -0.25) is 0 Å². The van der Waals surface area contributed by atoms with Gasteiger partial charge in [0.2, 0.25) is 5.89 Å². The van der Waals surface area contributed by atoms with E-state index >= 15 is 0 Å². The molecule has 7 nitrogen and oxygen atoms in total. The molecule has 0 fully saturated rings. The molecule has 3 rings (SSSR count). The minimum atomic E-state index is -0.749. The van der Waals surface area contributed by atoms with E-state index in [2.05, 4.69) is 10.2 Å². The van der Waals surface area contributed by atoms with Gasteiger partial charge in [-0.2, -0.15) is 0 Å². The molecule has 0 amide bonds. The summed E-state index contributed by atoms with van der Waals surface area (Å²) in [6.45, 7) is 8.17. The molecule has 31 heavy (non-hydrogen) atoms. The Hall–Kier alpha value is -3.06. The van der Waals surface area contributed by atoms with Gasteiger partial charge in [0.25, 0.3) is 5.89 Å². The number of benzene rings is 2. The van der Waals surface area contributed by atoms with Crippen LogP contribution in [0.1, 0.15) is 48.7 Å². The molecule has 0 aliphatic heterocycles. The highest BCUT2D eigenvalue weighted by atomic mass is 35.5. The molecule has 1 heterocycles. The minimum absolute atomic E-state index is 0.193. The summed E-state index contributed by atoms with van der Waals surface area (Å²) in [5.41, 5.74) is 2.14. The molecule has 0 spiro atoms. The number of hydrogen-bond donors (Lipinski definition) is 0. The third-order valence-electron chi connectivity index (χ3n) is 4.40. The molecule has 0 aliphatic carbocycles. The van der Waals surface area contributed by atoms with Crippen LogP contribution in [-0.4, -0.2) is 29.9 Å². The predicted octanol–water partition coefficient (Wildman–Crippen LogP) is 5.66. The summed E-state index contributed by atoms with van der Waals surface area (Å²) in [5, 5.41) is 8.31. The molecule has 1 aromatic heterocycles. The zero-order valence-corrected chi connectivity index (χ0v) is 18.9. The van der Waals surface area contributed by atoms with E-state index in [1.807, 2.05) is 45.0 Å². The van der Waals surface area contributed by atoms with E-state index in [1.165, 1.54) is 19.2 Å². The van der Waals surface area contributed by atoms with Crippen molar-refractivity contribution in [3.63, 3.8) is 0 Å². The molecule has 2 aromatic carbocycles. The highest BCUT2D eigenvalue weighted by Gasteiger charge is 2.22. The predicted molar refractivity (Wildman–Crippen MR) is 117 cm³/mol. The summed E-state index contributed by atoms with van der Waals surface area (Å²) in [6.07, 6.45) is -0.749. The number of esters is 1. The summed E-state index contributed by atoms with van der Waals surface area (Å²) in [5.74, 6) is 1.01. The lowest BCUT2D eigenvalue weighted by Crippen LogP contribution is -2.11. The Morgan fingerprint density at radius 3 is 2.48 bits per heavy atom. The fraction of sp³-hybridized carbons (Fsp3) is 0.348. The van der Waals surface area contributed by atoms with Crippen molar-refractivity contribution in [3.8, 4) is 23.0 Å². The van der Waals surface area contributed by atoms with Gasteiger partial charge >= 0.3 is 5.97 Å². The summed E-state index contributed by atoms with van der Waals surface area (Å²) in [6, 6.07) is 10.7. The number of halogens is 1. The monoisotopic (exact) mass is 444 g/mol. The van der Waals surface area contributed by atoms with Gasteiger partial charge in [-0.25, -0.2) is 4.79 Å². The molecule has 0 aliphatic rings. The summed E-state index contributed by atoms with van der Waals surface area (Å²) >= 11 is 6.32. The third-order valence-corrected chi connectivity index (χ3v) is 4.68. The lowest BCUT2D eigenvalue weighted by Gasteiger charge is -2.16. The Labute approximate surface area is 186 Å². The molecular weight excluding hydrogens is 420 g/mol. The van der Waals surface area contributed by atoms with Crippen LogP contribution in [0.2, 0.25) is 5.02 Å². The number of carbonyl (C=O) groups is 1. The average molecular weight is 445 g/mol. The maximum Gasteiger partial charge on any atom is 0.339 e. The zero-order chi connectivity index (χ0) is 22.5. The van der Waals surface area contributed by atoms with Crippen LogP contribution >= 0.6 is 11.6 Å². The van der Waals surface area contributed by atoms with Gasteiger partial charge in [-0.15, -0.1) is 10.2 Å². The molecule has 3 aromatic rings. The van der Waals surface area contributed by atoms with Crippen molar-refractivity contribution in [2.45, 2.75) is 33.8 Å². The Kier molecular flexibility index (Phi) is 7.17. The first-order valence-corrected chi connectivity index (χ1v) is 10.3. The van der Waals surface area contributed by atoms with E-state index in [9.17, 15) is 4.79 Å². The highest BCUT2D eigenvalue weighted by molar-refractivity contribution is 6.32. The number of nitrogens with zero attached hydrogens (tertiary/aromatic N) is 2. The Morgan fingerprint density at radius 1 is 1.13 bits per heavy atom. The lowest BCUT2D eigenvalue weighted by atomic mass is 10.1. The van der Waals surface area contributed by atoms with Crippen LogP contribution in [0, 0.1) is 12.8 Å². The van der Waals surface area contributed by atoms with E-state index < -0.39 is 12.1 Å². The molecule has 1 atom stereocenters. The topological polar surface area (TPSA) is 83.7 Å². The van der Waals surface area contributed by atoms with Crippen molar-refractivity contribution < 1.29 is 23.4 Å². The summed E-state index contributed by atoms with van der Waals surface area (Å²) < 4.78 is 22.2. The van der Waals surface area contributed by atoms with Crippen LogP contribution in [0.5, 0.6) is 11.5 Å². The number of ether oxygens (including phenoxy) is 3. The Morgan fingerprint density at radius 2 is 1.84 bits per heavy atom. The van der Waals surface area contributed by atoms with Gasteiger partial charge < -0.3 is 18.6 Å². The second-order valence-electron chi connectivity index (χ2n) is 7.55. The van der Waals surface area contributed by atoms with Crippen molar-refractivity contribution in [1.29, 1.82) is 0 Å². The smallest absolute Gasteiger partial charge is 0.339 e. The van der Waals surface area contributed by atoms with Crippen LogP contribution in [0.15, 0.2) is 40.8 Å². The van der Waals surface area contributed by atoms with E-state index in [4.69, 9.17) is 30.2 Å². The SMILES string of the molecule is COc1cc(C(=O)OC(C)c2nnc(-c3ccc(C)cc3)o2)cc(Cl)c1OCC(C)C. The second-order valence-corrected chi connectivity index (χ2v) is 7.96. The zero-order valence-electron chi connectivity index (χ0n) is 18.1. The van der Waals surface area contributed by atoms with E-state index in [0.29, 0.717) is 29.9 Å². The maximum atomic E-state index is 12.7. The van der Waals surface area contributed by atoms with Crippen LogP contribution in [0.25, 0.3) is 11.5 Å². The molecule has 0 bridgehead atoms. The van der Waals surface area contributed by atoms with E-state index in [0.717, 1.165) is 11.1 Å². The minimum Gasteiger partial charge on any atom is -0.493 e. The molecule has 164 valence electrons. The summed E-state index contributed by atoms with van der Waals surface area (Å²) in [7, 11) is 1.48. The Balaban J connectivity index is 1.73. The molecule has 8 heteroatoms. The normalized spacial score (nSPS) is 12.0.